The Morgan fingerprint density at radius 1 is 1.19 bits per heavy atom. The molecule has 0 radical (unpaired) electrons. The van der Waals surface area contributed by atoms with Gasteiger partial charge in [-0.15, -0.1) is 0 Å². The lowest BCUT2D eigenvalue weighted by atomic mass is 9.98. The standard InChI is InChI=1S/C17H16BrFN2/c1-10-14(15-8-12(18)4-7-17(15)21-10)9-16(20)11-2-5-13(19)6-3-11/h2-8,16,21H,9,20H2,1H3. The fourth-order valence-electron chi connectivity index (χ4n) is 2.67. The fourth-order valence-corrected chi connectivity index (χ4v) is 3.03. The van der Waals surface area contributed by atoms with Crippen molar-refractivity contribution in [2.24, 2.45) is 5.73 Å². The Morgan fingerprint density at radius 2 is 1.90 bits per heavy atom. The maximum Gasteiger partial charge on any atom is 0.123 e. The lowest BCUT2D eigenvalue weighted by molar-refractivity contribution is 0.624. The van der Waals surface area contributed by atoms with Crippen molar-refractivity contribution < 1.29 is 4.39 Å². The molecular weight excluding hydrogens is 331 g/mol. The Hall–Kier alpha value is -1.65. The van der Waals surface area contributed by atoms with Crippen LogP contribution >= 0.6 is 15.9 Å². The summed E-state index contributed by atoms with van der Waals surface area (Å²) in [7, 11) is 0. The third-order valence-electron chi connectivity index (χ3n) is 3.80. The first-order valence-electron chi connectivity index (χ1n) is 6.82. The molecule has 1 unspecified atom stereocenters. The van der Waals surface area contributed by atoms with Crippen LogP contribution in [0.4, 0.5) is 4.39 Å². The summed E-state index contributed by atoms with van der Waals surface area (Å²) >= 11 is 3.51. The lowest BCUT2D eigenvalue weighted by Gasteiger charge is -2.12. The van der Waals surface area contributed by atoms with Crippen molar-refractivity contribution in [1.82, 2.24) is 4.98 Å². The van der Waals surface area contributed by atoms with Crippen LogP contribution in [0.1, 0.15) is 22.9 Å². The third kappa shape index (κ3) is 2.87. The smallest absolute Gasteiger partial charge is 0.123 e. The molecule has 0 aliphatic rings. The molecule has 3 aromatic rings. The first kappa shape index (κ1) is 14.3. The molecule has 3 rings (SSSR count). The first-order chi connectivity index (χ1) is 10.0. The molecule has 4 heteroatoms. The largest absolute Gasteiger partial charge is 0.358 e. The summed E-state index contributed by atoms with van der Waals surface area (Å²) < 4.78 is 14.0. The molecule has 2 aromatic carbocycles. The number of nitrogens with two attached hydrogens (primary N) is 1. The first-order valence-corrected chi connectivity index (χ1v) is 7.61. The Kier molecular flexibility index (Phi) is 3.83. The van der Waals surface area contributed by atoms with Crippen LogP contribution in [0.15, 0.2) is 46.9 Å². The van der Waals surface area contributed by atoms with Gasteiger partial charge in [-0.3, -0.25) is 0 Å². The summed E-state index contributed by atoms with van der Waals surface area (Å²) in [6.07, 6.45) is 0.716. The van der Waals surface area contributed by atoms with Gasteiger partial charge in [0, 0.05) is 27.1 Å². The van der Waals surface area contributed by atoms with Gasteiger partial charge in [-0.1, -0.05) is 28.1 Å². The van der Waals surface area contributed by atoms with E-state index in [1.165, 1.54) is 23.1 Å². The second kappa shape index (κ2) is 5.62. The van der Waals surface area contributed by atoms with Gasteiger partial charge in [0.05, 0.1) is 0 Å². The zero-order chi connectivity index (χ0) is 15.0. The molecular formula is C17H16BrFN2. The Balaban J connectivity index is 1.95. The summed E-state index contributed by atoms with van der Waals surface area (Å²) in [5.74, 6) is -0.238. The summed E-state index contributed by atoms with van der Waals surface area (Å²) in [5.41, 5.74) is 10.7. The van der Waals surface area contributed by atoms with Gasteiger partial charge in [0.15, 0.2) is 0 Å². The van der Waals surface area contributed by atoms with Crippen LogP contribution in [0.5, 0.6) is 0 Å². The second-order valence-electron chi connectivity index (χ2n) is 5.28. The van der Waals surface area contributed by atoms with Gasteiger partial charge in [0.2, 0.25) is 0 Å². The molecule has 0 spiro atoms. The van der Waals surface area contributed by atoms with E-state index in [0.29, 0.717) is 6.42 Å². The molecule has 108 valence electrons. The van der Waals surface area contributed by atoms with Gasteiger partial charge in [-0.25, -0.2) is 4.39 Å². The molecule has 0 aliphatic carbocycles. The highest BCUT2D eigenvalue weighted by Crippen LogP contribution is 2.28. The molecule has 0 bridgehead atoms. The van der Waals surface area contributed by atoms with Crippen molar-refractivity contribution >= 4 is 26.8 Å². The predicted molar refractivity (Wildman–Crippen MR) is 87.8 cm³/mol. The Labute approximate surface area is 131 Å². The molecule has 0 aliphatic heterocycles. The predicted octanol–water partition coefficient (Wildman–Crippen LogP) is 4.62. The van der Waals surface area contributed by atoms with Gasteiger partial charge < -0.3 is 10.7 Å². The molecule has 0 amide bonds. The summed E-state index contributed by atoms with van der Waals surface area (Å²) in [6, 6.07) is 12.4. The molecule has 3 N–H and O–H groups in total. The molecule has 21 heavy (non-hydrogen) atoms. The number of nitrogens with one attached hydrogen (secondary N) is 1. The molecule has 2 nitrogen and oxygen atoms in total. The zero-order valence-electron chi connectivity index (χ0n) is 11.7. The average molecular weight is 347 g/mol. The van der Waals surface area contributed by atoms with Crippen LogP contribution in [0, 0.1) is 12.7 Å². The van der Waals surface area contributed by atoms with Crippen molar-refractivity contribution in [3.63, 3.8) is 0 Å². The van der Waals surface area contributed by atoms with E-state index in [2.05, 4.69) is 40.0 Å². The zero-order valence-corrected chi connectivity index (χ0v) is 13.2. The van der Waals surface area contributed by atoms with Gasteiger partial charge >= 0.3 is 0 Å². The molecule has 1 aromatic heterocycles. The van der Waals surface area contributed by atoms with Crippen LogP contribution in [-0.4, -0.2) is 4.98 Å². The highest BCUT2D eigenvalue weighted by Gasteiger charge is 2.14. The molecule has 0 fully saturated rings. The minimum Gasteiger partial charge on any atom is -0.358 e. The SMILES string of the molecule is Cc1[nH]c2ccc(Br)cc2c1CC(N)c1ccc(F)cc1. The van der Waals surface area contributed by atoms with E-state index in [-0.39, 0.29) is 11.9 Å². The van der Waals surface area contributed by atoms with Gasteiger partial charge in [-0.05, 0) is 54.8 Å². The molecule has 0 saturated heterocycles. The monoisotopic (exact) mass is 346 g/mol. The Bertz CT molecular complexity index is 777. The number of benzene rings is 2. The number of halogens is 2. The maximum atomic E-state index is 13.0. The number of aromatic amines is 1. The third-order valence-corrected chi connectivity index (χ3v) is 4.30. The van der Waals surface area contributed by atoms with Crippen molar-refractivity contribution in [1.29, 1.82) is 0 Å². The van der Waals surface area contributed by atoms with Crippen molar-refractivity contribution in [3.8, 4) is 0 Å². The minimum absolute atomic E-state index is 0.151. The van der Waals surface area contributed by atoms with Crippen LogP contribution in [0.2, 0.25) is 0 Å². The van der Waals surface area contributed by atoms with E-state index >= 15 is 0 Å². The average Bonchev–Trinajstić information content (AvgIpc) is 2.76. The van der Waals surface area contributed by atoms with E-state index in [1.54, 1.807) is 12.1 Å². The van der Waals surface area contributed by atoms with Gasteiger partial charge in [-0.2, -0.15) is 0 Å². The fraction of sp³-hybridized carbons (Fsp3) is 0.176. The second-order valence-corrected chi connectivity index (χ2v) is 6.20. The van der Waals surface area contributed by atoms with E-state index in [9.17, 15) is 4.39 Å². The van der Waals surface area contributed by atoms with Crippen LogP contribution in [-0.2, 0) is 6.42 Å². The number of hydrogen-bond donors (Lipinski definition) is 2. The van der Waals surface area contributed by atoms with Gasteiger partial charge in [0.25, 0.3) is 0 Å². The summed E-state index contributed by atoms with van der Waals surface area (Å²) in [4.78, 5) is 3.38. The van der Waals surface area contributed by atoms with Crippen molar-refractivity contribution in [3.05, 3.63) is 69.6 Å². The number of H-pyrrole nitrogens is 1. The van der Waals surface area contributed by atoms with Crippen LogP contribution in [0.3, 0.4) is 0 Å². The summed E-state index contributed by atoms with van der Waals surface area (Å²) in [6.45, 7) is 2.06. The Morgan fingerprint density at radius 3 is 2.62 bits per heavy atom. The minimum atomic E-state index is -0.238. The molecule has 1 heterocycles. The van der Waals surface area contributed by atoms with Crippen LogP contribution in [0.25, 0.3) is 10.9 Å². The lowest BCUT2D eigenvalue weighted by Crippen LogP contribution is -2.13. The van der Waals surface area contributed by atoms with Crippen molar-refractivity contribution in [2.45, 2.75) is 19.4 Å². The van der Waals surface area contributed by atoms with Crippen molar-refractivity contribution in [2.75, 3.05) is 0 Å². The number of rotatable bonds is 3. The van der Waals surface area contributed by atoms with E-state index in [4.69, 9.17) is 5.73 Å². The van der Waals surface area contributed by atoms with E-state index in [0.717, 1.165) is 21.2 Å². The van der Waals surface area contributed by atoms with E-state index < -0.39 is 0 Å². The quantitative estimate of drug-likeness (QED) is 0.713. The summed E-state index contributed by atoms with van der Waals surface area (Å²) in [5, 5.41) is 1.18. The normalized spacial score (nSPS) is 12.8. The van der Waals surface area contributed by atoms with Crippen LogP contribution < -0.4 is 5.73 Å². The number of aromatic nitrogens is 1. The van der Waals surface area contributed by atoms with Gasteiger partial charge in [0.1, 0.15) is 5.82 Å². The highest BCUT2D eigenvalue weighted by atomic mass is 79.9. The topological polar surface area (TPSA) is 41.8 Å². The highest BCUT2D eigenvalue weighted by molar-refractivity contribution is 9.10. The number of aryl methyl sites for hydroxylation is 1. The maximum absolute atomic E-state index is 13.0. The molecule has 1 atom stereocenters. The molecule has 0 saturated carbocycles. The van der Waals surface area contributed by atoms with E-state index in [1.807, 2.05) is 6.07 Å². The number of fused-ring (bicyclic) bond motifs is 1. The number of hydrogen-bond acceptors (Lipinski definition) is 1.